The molecule has 1 unspecified atom stereocenters. The molecule has 3 rings (SSSR count). The van der Waals surface area contributed by atoms with Crippen LogP contribution in [0.4, 0.5) is 0 Å². The maximum Gasteiger partial charge on any atom is 0.399 e. The van der Waals surface area contributed by atoms with Crippen LogP contribution in [0.1, 0.15) is 25.3 Å². The summed E-state index contributed by atoms with van der Waals surface area (Å²) in [4.78, 5) is 2.34. The first-order valence-electron chi connectivity index (χ1n) is 5.63. The molecule has 0 saturated carbocycles. The first-order valence-corrected chi connectivity index (χ1v) is 5.63. The molecule has 1 aromatic carbocycles. The van der Waals surface area contributed by atoms with Crippen LogP contribution >= 0.6 is 0 Å². The first kappa shape index (κ1) is 9.43. The first-order chi connectivity index (χ1) is 7.31. The highest BCUT2D eigenvalue weighted by molar-refractivity contribution is 6.25. The van der Waals surface area contributed by atoms with Gasteiger partial charge in [-0.15, -0.1) is 0 Å². The highest BCUT2D eigenvalue weighted by Gasteiger charge is 2.48. The van der Waals surface area contributed by atoms with Gasteiger partial charge in [-0.25, -0.2) is 0 Å². The van der Waals surface area contributed by atoms with E-state index in [1.54, 1.807) is 0 Å². The minimum atomic E-state index is -0.141. The number of hydrogen-bond acceptors (Lipinski definition) is 2. The molecule has 2 fully saturated rings. The van der Waals surface area contributed by atoms with Crippen molar-refractivity contribution in [3.63, 3.8) is 0 Å². The maximum absolute atomic E-state index is 5.89. The maximum atomic E-state index is 5.89. The lowest BCUT2D eigenvalue weighted by Crippen LogP contribution is -2.37. The highest BCUT2D eigenvalue weighted by Crippen LogP contribution is 2.41. The molecule has 1 aromatic rings. The van der Waals surface area contributed by atoms with E-state index in [-0.39, 0.29) is 5.60 Å². The van der Waals surface area contributed by atoms with Crippen molar-refractivity contribution in [1.82, 2.24) is 4.81 Å². The summed E-state index contributed by atoms with van der Waals surface area (Å²) in [5, 5.41) is 0. The van der Waals surface area contributed by atoms with Crippen LogP contribution in [0.5, 0.6) is 0 Å². The van der Waals surface area contributed by atoms with Gasteiger partial charge in [0, 0.05) is 6.04 Å². The predicted molar refractivity (Wildman–Crippen MR) is 60.4 cm³/mol. The summed E-state index contributed by atoms with van der Waals surface area (Å²) in [6.45, 7) is 3.35. The van der Waals surface area contributed by atoms with E-state index in [0.717, 1.165) is 6.54 Å². The zero-order chi connectivity index (χ0) is 10.3. The normalized spacial score (nSPS) is 35.1. The SMILES string of the molecule is C[C@]1(c2ccccc2)O[B]N2CCCC21. The molecule has 2 heterocycles. The molecule has 2 saturated heterocycles. The number of benzene rings is 1. The lowest BCUT2D eigenvalue weighted by atomic mass is 9.87. The zero-order valence-electron chi connectivity index (χ0n) is 9.02. The van der Waals surface area contributed by atoms with E-state index in [2.05, 4.69) is 42.1 Å². The van der Waals surface area contributed by atoms with Crippen molar-refractivity contribution in [2.24, 2.45) is 0 Å². The smallest absolute Gasteiger partial charge is 0.399 e. The highest BCUT2D eigenvalue weighted by atomic mass is 16.5. The minimum Gasteiger partial charge on any atom is -0.413 e. The van der Waals surface area contributed by atoms with Gasteiger partial charge in [0.15, 0.2) is 0 Å². The van der Waals surface area contributed by atoms with Crippen LogP contribution in [-0.4, -0.2) is 25.0 Å². The van der Waals surface area contributed by atoms with Gasteiger partial charge in [-0.05, 0) is 31.9 Å². The molecule has 1 radical (unpaired) electrons. The molecule has 2 atom stereocenters. The Morgan fingerprint density at radius 1 is 1.40 bits per heavy atom. The molecular weight excluding hydrogens is 185 g/mol. The van der Waals surface area contributed by atoms with Crippen molar-refractivity contribution in [3.05, 3.63) is 35.9 Å². The quantitative estimate of drug-likeness (QED) is 0.642. The van der Waals surface area contributed by atoms with Crippen LogP contribution in [0.2, 0.25) is 0 Å². The van der Waals surface area contributed by atoms with Gasteiger partial charge in [-0.2, -0.15) is 0 Å². The van der Waals surface area contributed by atoms with Crippen LogP contribution in [0.25, 0.3) is 0 Å². The number of hydrogen-bond donors (Lipinski definition) is 0. The number of rotatable bonds is 1. The van der Waals surface area contributed by atoms with E-state index in [9.17, 15) is 0 Å². The van der Waals surface area contributed by atoms with Crippen LogP contribution in [-0.2, 0) is 10.3 Å². The number of fused-ring (bicyclic) bond motifs is 1. The molecule has 0 spiro atoms. The summed E-state index contributed by atoms with van der Waals surface area (Å²) in [6, 6.07) is 11.1. The lowest BCUT2D eigenvalue weighted by Gasteiger charge is -2.31. The van der Waals surface area contributed by atoms with Gasteiger partial charge in [0.05, 0.1) is 5.60 Å². The minimum absolute atomic E-state index is 0.141. The second-order valence-corrected chi connectivity index (χ2v) is 4.59. The van der Waals surface area contributed by atoms with Gasteiger partial charge in [0.2, 0.25) is 0 Å². The van der Waals surface area contributed by atoms with Crippen molar-refractivity contribution in [2.45, 2.75) is 31.4 Å². The third kappa shape index (κ3) is 1.34. The van der Waals surface area contributed by atoms with E-state index < -0.39 is 0 Å². The summed E-state index contributed by atoms with van der Waals surface area (Å²) in [7, 11) is 1.92. The fourth-order valence-electron chi connectivity index (χ4n) is 2.79. The monoisotopic (exact) mass is 200 g/mol. The molecule has 15 heavy (non-hydrogen) atoms. The molecule has 0 aliphatic carbocycles. The van der Waals surface area contributed by atoms with Crippen LogP contribution in [0, 0.1) is 0 Å². The lowest BCUT2D eigenvalue weighted by molar-refractivity contribution is 0.0842. The summed E-state index contributed by atoms with van der Waals surface area (Å²) in [6.07, 6.45) is 2.52. The van der Waals surface area contributed by atoms with Crippen molar-refractivity contribution in [2.75, 3.05) is 6.54 Å². The van der Waals surface area contributed by atoms with Gasteiger partial charge in [-0.1, -0.05) is 30.3 Å². The molecular formula is C12H15BNO. The van der Waals surface area contributed by atoms with Crippen molar-refractivity contribution in [3.8, 4) is 0 Å². The van der Waals surface area contributed by atoms with E-state index in [0.29, 0.717) is 6.04 Å². The average Bonchev–Trinajstić information content (AvgIpc) is 2.85. The molecule has 3 heteroatoms. The van der Waals surface area contributed by atoms with Gasteiger partial charge in [0.1, 0.15) is 0 Å². The van der Waals surface area contributed by atoms with Gasteiger partial charge in [0.25, 0.3) is 0 Å². The van der Waals surface area contributed by atoms with Gasteiger partial charge < -0.3 is 9.47 Å². The standard InChI is InChI=1S/C12H15BNO/c1-12(10-6-3-2-4-7-10)11-8-5-9-14(11)13-15-12/h2-4,6-7,11H,5,8-9H2,1H3/t11?,12-/m1/s1. The number of nitrogens with zero attached hydrogens (tertiary/aromatic N) is 1. The average molecular weight is 200 g/mol. The summed E-state index contributed by atoms with van der Waals surface area (Å²) in [5.74, 6) is 0. The molecule has 0 N–H and O–H groups in total. The molecule has 2 aliphatic rings. The zero-order valence-corrected chi connectivity index (χ0v) is 9.02. The van der Waals surface area contributed by atoms with Crippen LogP contribution in [0.15, 0.2) is 30.3 Å². The molecule has 2 aliphatic heterocycles. The second-order valence-electron chi connectivity index (χ2n) is 4.59. The molecule has 0 amide bonds. The Bertz CT molecular complexity index is 356. The summed E-state index contributed by atoms with van der Waals surface area (Å²) >= 11 is 0. The fraction of sp³-hybridized carbons (Fsp3) is 0.500. The van der Waals surface area contributed by atoms with Crippen LogP contribution in [0.3, 0.4) is 0 Å². The summed E-state index contributed by atoms with van der Waals surface area (Å²) in [5.41, 5.74) is 1.15. The third-order valence-electron chi connectivity index (χ3n) is 3.71. The van der Waals surface area contributed by atoms with Crippen LogP contribution < -0.4 is 0 Å². The van der Waals surface area contributed by atoms with E-state index in [4.69, 9.17) is 4.65 Å². The fourth-order valence-corrected chi connectivity index (χ4v) is 2.79. The van der Waals surface area contributed by atoms with Gasteiger partial charge >= 0.3 is 7.62 Å². The Labute approximate surface area is 91.5 Å². The Morgan fingerprint density at radius 3 is 3.00 bits per heavy atom. The molecule has 0 bridgehead atoms. The second kappa shape index (κ2) is 3.36. The predicted octanol–water partition coefficient (Wildman–Crippen LogP) is 1.93. The Balaban J connectivity index is 1.97. The van der Waals surface area contributed by atoms with E-state index >= 15 is 0 Å². The largest absolute Gasteiger partial charge is 0.413 e. The van der Waals surface area contributed by atoms with Crippen molar-refractivity contribution >= 4 is 7.62 Å². The molecule has 2 nitrogen and oxygen atoms in total. The Hall–Kier alpha value is -0.795. The Kier molecular flexibility index (Phi) is 2.11. The van der Waals surface area contributed by atoms with Gasteiger partial charge in [-0.3, -0.25) is 0 Å². The molecule has 0 aromatic heterocycles. The van der Waals surface area contributed by atoms with E-state index in [1.165, 1.54) is 18.4 Å². The van der Waals surface area contributed by atoms with E-state index in [1.807, 2.05) is 7.62 Å². The van der Waals surface area contributed by atoms with Crippen molar-refractivity contribution < 1.29 is 4.65 Å². The Morgan fingerprint density at radius 2 is 2.20 bits per heavy atom. The third-order valence-corrected chi connectivity index (χ3v) is 3.71. The summed E-state index contributed by atoms with van der Waals surface area (Å²) < 4.78 is 5.89. The topological polar surface area (TPSA) is 12.5 Å². The molecule has 77 valence electrons. The van der Waals surface area contributed by atoms with Crippen molar-refractivity contribution in [1.29, 1.82) is 0 Å².